The van der Waals surface area contributed by atoms with Crippen molar-refractivity contribution in [2.75, 3.05) is 0 Å². The molecule has 1 aliphatic rings. The number of hydrogen-bond acceptors (Lipinski definition) is 2. The monoisotopic (exact) mass is 254 g/mol. The van der Waals surface area contributed by atoms with Gasteiger partial charge >= 0.3 is 0 Å². The summed E-state index contributed by atoms with van der Waals surface area (Å²) in [6.07, 6.45) is 6.54. The molecule has 1 aliphatic carbocycles. The fourth-order valence-corrected chi connectivity index (χ4v) is 3.89. The van der Waals surface area contributed by atoms with E-state index in [1.807, 2.05) is 0 Å². The highest BCUT2D eigenvalue weighted by molar-refractivity contribution is 5.16. The fraction of sp³-hybridized carbons (Fsp3) is 1.00. The van der Waals surface area contributed by atoms with E-state index in [1.165, 1.54) is 32.1 Å². The van der Waals surface area contributed by atoms with Crippen molar-refractivity contribution in [1.29, 1.82) is 0 Å². The fourth-order valence-electron chi connectivity index (χ4n) is 3.89. The standard InChI is InChI=1S/C16H34N2/c1-7-9-10-12(8-2)11-13(18-17)14-15(3,4)16(14,5)6/h12-14,18H,7-11,17H2,1-6H3. The topological polar surface area (TPSA) is 38.0 Å². The van der Waals surface area contributed by atoms with Crippen molar-refractivity contribution < 1.29 is 0 Å². The summed E-state index contributed by atoms with van der Waals surface area (Å²) in [6, 6.07) is 0.483. The van der Waals surface area contributed by atoms with Gasteiger partial charge in [0.05, 0.1) is 0 Å². The van der Waals surface area contributed by atoms with E-state index in [-0.39, 0.29) is 0 Å². The molecule has 2 nitrogen and oxygen atoms in total. The van der Waals surface area contributed by atoms with Crippen LogP contribution in [0.2, 0.25) is 0 Å². The van der Waals surface area contributed by atoms with Crippen molar-refractivity contribution in [2.45, 2.75) is 79.7 Å². The Morgan fingerprint density at radius 1 is 1.11 bits per heavy atom. The molecular weight excluding hydrogens is 220 g/mol. The zero-order chi connectivity index (χ0) is 14.0. The SMILES string of the molecule is CCCCC(CC)CC(NN)C1C(C)(C)C1(C)C. The Morgan fingerprint density at radius 2 is 1.67 bits per heavy atom. The van der Waals surface area contributed by atoms with Gasteiger partial charge in [0.1, 0.15) is 0 Å². The van der Waals surface area contributed by atoms with E-state index in [2.05, 4.69) is 47.0 Å². The minimum Gasteiger partial charge on any atom is -0.271 e. The van der Waals surface area contributed by atoms with E-state index < -0.39 is 0 Å². The molecule has 0 aromatic heterocycles. The largest absolute Gasteiger partial charge is 0.271 e. The first-order valence-corrected chi connectivity index (χ1v) is 7.79. The van der Waals surface area contributed by atoms with E-state index in [1.54, 1.807) is 0 Å². The average molecular weight is 254 g/mol. The van der Waals surface area contributed by atoms with Crippen molar-refractivity contribution in [2.24, 2.45) is 28.5 Å². The normalized spacial score (nSPS) is 24.8. The van der Waals surface area contributed by atoms with Gasteiger partial charge in [0.15, 0.2) is 0 Å². The molecule has 0 bridgehead atoms. The molecule has 1 rings (SSSR count). The maximum atomic E-state index is 5.84. The van der Waals surface area contributed by atoms with E-state index in [0.29, 0.717) is 22.8 Å². The molecule has 0 aromatic rings. The first-order valence-electron chi connectivity index (χ1n) is 7.79. The maximum absolute atomic E-state index is 5.84. The lowest BCUT2D eigenvalue weighted by atomic mass is 9.88. The van der Waals surface area contributed by atoms with Crippen molar-refractivity contribution in [3.8, 4) is 0 Å². The van der Waals surface area contributed by atoms with Crippen LogP contribution >= 0.6 is 0 Å². The lowest BCUT2D eigenvalue weighted by Crippen LogP contribution is -2.40. The van der Waals surface area contributed by atoms with E-state index in [4.69, 9.17) is 5.84 Å². The van der Waals surface area contributed by atoms with Crippen LogP contribution < -0.4 is 11.3 Å². The van der Waals surface area contributed by atoms with Gasteiger partial charge in [-0.3, -0.25) is 11.3 Å². The van der Waals surface area contributed by atoms with Crippen molar-refractivity contribution >= 4 is 0 Å². The number of nitrogens with two attached hydrogens (primary N) is 1. The molecule has 1 saturated carbocycles. The molecule has 0 saturated heterocycles. The third kappa shape index (κ3) is 2.91. The zero-order valence-electron chi connectivity index (χ0n) is 13.3. The Morgan fingerprint density at radius 3 is 2.00 bits per heavy atom. The second-order valence-electron chi connectivity index (χ2n) is 7.35. The van der Waals surface area contributed by atoms with Gasteiger partial charge in [0, 0.05) is 6.04 Å². The zero-order valence-corrected chi connectivity index (χ0v) is 13.3. The summed E-state index contributed by atoms with van der Waals surface area (Å²) in [4.78, 5) is 0. The second kappa shape index (κ2) is 5.92. The van der Waals surface area contributed by atoms with Gasteiger partial charge < -0.3 is 0 Å². The smallest absolute Gasteiger partial charge is 0.0252 e. The predicted octanol–water partition coefficient (Wildman–Crippen LogP) is 4.11. The third-order valence-electron chi connectivity index (χ3n) is 5.88. The highest BCUT2D eigenvalue weighted by atomic mass is 15.2. The molecular formula is C16H34N2. The molecule has 18 heavy (non-hydrogen) atoms. The summed E-state index contributed by atoms with van der Waals surface area (Å²) in [7, 11) is 0. The molecule has 0 heterocycles. The summed E-state index contributed by atoms with van der Waals surface area (Å²) < 4.78 is 0. The molecule has 3 N–H and O–H groups in total. The van der Waals surface area contributed by atoms with Gasteiger partial charge in [-0.15, -0.1) is 0 Å². The van der Waals surface area contributed by atoms with Crippen LogP contribution in [0.5, 0.6) is 0 Å². The Kier molecular flexibility index (Phi) is 5.25. The second-order valence-corrected chi connectivity index (χ2v) is 7.35. The maximum Gasteiger partial charge on any atom is 0.0252 e. The van der Waals surface area contributed by atoms with Crippen molar-refractivity contribution in [3.05, 3.63) is 0 Å². The van der Waals surface area contributed by atoms with E-state index in [0.717, 1.165) is 5.92 Å². The summed E-state index contributed by atoms with van der Waals surface area (Å²) in [5.41, 5.74) is 3.96. The third-order valence-corrected chi connectivity index (χ3v) is 5.88. The number of nitrogens with one attached hydrogen (secondary N) is 1. The van der Waals surface area contributed by atoms with Gasteiger partial charge in [-0.1, -0.05) is 67.2 Å². The molecule has 0 aliphatic heterocycles. The van der Waals surface area contributed by atoms with Crippen molar-refractivity contribution in [1.82, 2.24) is 5.43 Å². The van der Waals surface area contributed by atoms with Crippen LogP contribution in [0.15, 0.2) is 0 Å². The van der Waals surface area contributed by atoms with Crippen LogP contribution in [0.4, 0.5) is 0 Å². The van der Waals surface area contributed by atoms with E-state index >= 15 is 0 Å². The minimum absolute atomic E-state index is 0.424. The Hall–Kier alpha value is -0.0800. The Balaban J connectivity index is 2.57. The van der Waals surface area contributed by atoms with Gasteiger partial charge in [-0.05, 0) is 29.1 Å². The average Bonchev–Trinajstić information content (AvgIpc) is 2.71. The molecule has 2 heteroatoms. The molecule has 2 atom stereocenters. The van der Waals surface area contributed by atoms with Crippen LogP contribution in [0.3, 0.4) is 0 Å². The summed E-state index contributed by atoms with van der Waals surface area (Å²) in [6.45, 7) is 14.1. The van der Waals surface area contributed by atoms with Crippen LogP contribution in [-0.2, 0) is 0 Å². The van der Waals surface area contributed by atoms with Gasteiger partial charge in [-0.2, -0.15) is 0 Å². The van der Waals surface area contributed by atoms with Crippen LogP contribution in [0, 0.1) is 22.7 Å². The Labute approximate surface area is 114 Å². The molecule has 2 unspecified atom stereocenters. The van der Waals surface area contributed by atoms with Gasteiger partial charge in [-0.25, -0.2) is 0 Å². The lowest BCUT2D eigenvalue weighted by molar-refractivity contribution is 0.302. The first kappa shape index (κ1) is 16.0. The van der Waals surface area contributed by atoms with Crippen molar-refractivity contribution in [3.63, 3.8) is 0 Å². The van der Waals surface area contributed by atoms with Gasteiger partial charge in [0.25, 0.3) is 0 Å². The van der Waals surface area contributed by atoms with Crippen LogP contribution in [0.25, 0.3) is 0 Å². The molecule has 1 fully saturated rings. The molecule has 0 aromatic carbocycles. The predicted molar refractivity (Wildman–Crippen MR) is 80.1 cm³/mol. The Bertz CT molecular complexity index is 244. The number of hydrogen-bond donors (Lipinski definition) is 2. The lowest BCUT2D eigenvalue weighted by Gasteiger charge is -2.24. The highest BCUT2D eigenvalue weighted by Crippen LogP contribution is 2.70. The van der Waals surface area contributed by atoms with E-state index in [9.17, 15) is 0 Å². The van der Waals surface area contributed by atoms with Crippen LogP contribution in [0.1, 0.15) is 73.6 Å². The first-order chi connectivity index (χ1) is 8.32. The number of unbranched alkanes of at least 4 members (excludes halogenated alkanes) is 1. The number of hydrazine groups is 1. The van der Waals surface area contributed by atoms with Gasteiger partial charge in [0.2, 0.25) is 0 Å². The highest BCUT2D eigenvalue weighted by Gasteiger charge is 2.66. The number of rotatable bonds is 8. The quantitative estimate of drug-likeness (QED) is 0.505. The summed E-state index contributed by atoms with van der Waals surface area (Å²) in [5, 5.41) is 0. The molecule has 0 spiro atoms. The molecule has 0 amide bonds. The minimum atomic E-state index is 0.424. The summed E-state index contributed by atoms with van der Waals surface area (Å²) >= 11 is 0. The summed E-state index contributed by atoms with van der Waals surface area (Å²) in [5.74, 6) is 7.38. The molecule has 108 valence electrons. The molecule has 0 radical (unpaired) electrons. The van der Waals surface area contributed by atoms with Crippen LogP contribution in [-0.4, -0.2) is 6.04 Å².